The third-order valence-corrected chi connectivity index (χ3v) is 6.26. The van der Waals surface area contributed by atoms with Crippen LogP contribution in [0.5, 0.6) is 5.75 Å². The second-order valence-corrected chi connectivity index (χ2v) is 8.56. The Hall–Kier alpha value is -3.26. The zero-order valence-corrected chi connectivity index (χ0v) is 18.1. The second-order valence-electron chi connectivity index (χ2n) is 7.55. The van der Waals surface area contributed by atoms with Crippen molar-refractivity contribution < 1.29 is 14.3 Å². The summed E-state index contributed by atoms with van der Waals surface area (Å²) in [5.74, 6) is 0.439. The van der Waals surface area contributed by atoms with Gasteiger partial charge in [-0.25, -0.2) is 0 Å². The van der Waals surface area contributed by atoms with Crippen molar-refractivity contribution in [3.8, 4) is 5.75 Å². The Kier molecular flexibility index (Phi) is 6.57. The Morgan fingerprint density at radius 1 is 1.13 bits per heavy atom. The molecule has 2 aromatic carbocycles. The van der Waals surface area contributed by atoms with E-state index in [1.165, 1.54) is 11.3 Å². The van der Waals surface area contributed by atoms with Gasteiger partial charge >= 0.3 is 0 Å². The smallest absolute Gasteiger partial charge is 0.286 e. The molecular formula is C23H24N4O3S. The number of nitrogens with one attached hydrogen (secondary N) is 1. The first kappa shape index (κ1) is 21.0. The first-order valence-corrected chi connectivity index (χ1v) is 11.1. The van der Waals surface area contributed by atoms with Crippen LogP contribution in [-0.4, -0.2) is 46.6 Å². The summed E-state index contributed by atoms with van der Waals surface area (Å²) in [7, 11) is 0. The molecule has 3 aromatic rings. The van der Waals surface area contributed by atoms with Crippen molar-refractivity contribution in [3.63, 3.8) is 0 Å². The summed E-state index contributed by atoms with van der Waals surface area (Å²) in [5.41, 5.74) is 1.85. The van der Waals surface area contributed by atoms with Gasteiger partial charge in [0.25, 0.3) is 11.8 Å². The fourth-order valence-electron chi connectivity index (χ4n) is 3.47. The number of para-hydroxylation sites is 1. The number of likely N-dealkylation sites (tertiary alicyclic amines) is 1. The van der Waals surface area contributed by atoms with Gasteiger partial charge < -0.3 is 15.0 Å². The number of aromatic nitrogens is 2. The van der Waals surface area contributed by atoms with E-state index in [1.807, 2.05) is 66.4 Å². The number of hydrogen-bond acceptors (Lipinski definition) is 6. The summed E-state index contributed by atoms with van der Waals surface area (Å²) >= 11 is 1.29. The molecule has 8 heteroatoms. The minimum absolute atomic E-state index is 0.0110. The maximum absolute atomic E-state index is 12.6. The first-order chi connectivity index (χ1) is 15.1. The minimum Gasteiger partial charge on any atom is -0.484 e. The lowest BCUT2D eigenvalue weighted by atomic mass is 9.99. The number of anilines is 1. The van der Waals surface area contributed by atoms with E-state index in [-0.39, 0.29) is 24.3 Å². The largest absolute Gasteiger partial charge is 0.484 e. The molecule has 160 valence electrons. The molecule has 1 N–H and O–H groups in total. The summed E-state index contributed by atoms with van der Waals surface area (Å²) < 4.78 is 5.59. The topological polar surface area (TPSA) is 84.4 Å². The van der Waals surface area contributed by atoms with Crippen LogP contribution in [0.3, 0.4) is 0 Å². The SMILES string of the molecule is Cc1ccc(NC(=O)c2nnc([C@H]3CCCN(C(=O)COc4ccccc4)C3)s2)cc1. The molecular weight excluding hydrogens is 412 g/mol. The quantitative estimate of drug-likeness (QED) is 0.634. The van der Waals surface area contributed by atoms with E-state index in [0.717, 1.165) is 29.1 Å². The van der Waals surface area contributed by atoms with Crippen molar-refractivity contribution in [3.05, 3.63) is 70.2 Å². The Morgan fingerprint density at radius 2 is 1.90 bits per heavy atom. The summed E-state index contributed by atoms with van der Waals surface area (Å²) in [6.45, 7) is 3.27. The molecule has 0 aliphatic carbocycles. The number of carbonyl (C=O) groups excluding carboxylic acids is 2. The highest BCUT2D eigenvalue weighted by molar-refractivity contribution is 7.13. The highest BCUT2D eigenvalue weighted by Gasteiger charge is 2.28. The lowest BCUT2D eigenvalue weighted by molar-refractivity contribution is -0.134. The van der Waals surface area contributed by atoms with Gasteiger partial charge in [-0.3, -0.25) is 9.59 Å². The van der Waals surface area contributed by atoms with Crippen molar-refractivity contribution in [2.24, 2.45) is 0 Å². The fraction of sp³-hybridized carbons (Fsp3) is 0.304. The number of ether oxygens (including phenoxy) is 1. The fourth-order valence-corrected chi connectivity index (χ4v) is 4.34. The van der Waals surface area contributed by atoms with E-state index in [9.17, 15) is 9.59 Å². The molecule has 1 saturated heterocycles. The van der Waals surface area contributed by atoms with Gasteiger partial charge in [-0.1, -0.05) is 47.2 Å². The second kappa shape index (κ2) is 9.70. The lowest BCUT2D eigenvalue weighted by Crippen LogP contribution is -2.41. The van der Waals surface area contributed by atoms with Crippen LogP contribution in [0.25, 0.3) is 0 Å². The molecule has 4 rings (SSSR count). The van der Waals surface area contributed by atoms with Crippen molar-refractivity contribution >= 4 is 28.8 Å². The minimum atomic E-state index is -0.271. The number of amides is 2. The lowest BCUT2D eigenvalue weighted by Gasteiger charge is -2.31. The molecule has 31 heavy (non-hydrogen) atoms. The van der Waals surface area contributed by atoms with Crippen LogP contribution < -0.4 is 10.1 Å². The van der Waals surface area contributed by atoms with Crippen LogP contribution >= 0.6 is 11.3 Å². The van der Waals surface area contributed by atoms with Gasteiger partial charge in [-0.2, -0.15) is 0 Å². The van der Waals surface area contributed by atoms with Crippen molar-refractivity contribution in [1.29, 1.82) is 0 Å². The molecule has 0 bridgehead atoms. The molecule has 0 saturated carbocycles. The number of benzene rings is 2. The molecule has 1 aromatic heterocycles. The highest BCUT2D eigenvalue weighted by atomic mass is 32.1. The van der Waals surface area contributed by atoms with Gasteiger partial charge in [0, 0.05) is 24.7 Å². The molecule has 0 spiro atoms. The molecule has 1 aliphatic rings. The van der Waals surface area contributed by atoms with Crippen LogP contribution in [0.1, 0.15) is 39.1 Å². The molecule has 1 aliphatic heterocycles. The molecule has 2 amide bonds. The normalized spacial score (nSPS) is 16.0. The number of piperidine rings is 1. The summed E-state index contributed by atoms with van der Waals surface area (Å²) in [6, 6.07) is 16.9. The average Bonchev–Trinajstić information content (AvgIpc) is 3.30. The van der Waals surface area contributed by atoms with Crippen LogP contribution in [0, 0.1) is 6.92 Å². The van der Waals surface area contributed by atoms with Crippen molar-refractivity contribution in [2.45, 2.75) is 25.7 Å². The van der Waals surface area contributed by atoms with E-state index < -0.39 is 0 Å². The summed E-state index contributed by atoms with van der Waals surface area (Å²) in [6.07, 6.45) is 1.80. The van der Waals surface area contributed by atoms with Crippen molar-refractivity contribution in [1.82, 2.24) is 15.1 Å². The number of carbonyl (C=O) groups is 2. The highest BCUT2D eigenvalue weighted by Crippen LogP contribution is 2.29. The Morgan fingerprint density at radius 3 is 2.68 bits per heavy atom. The Bertz CT molecular complexity index is 1040. The molecule has 0 unspecified atom stereocenters. The number of aryl methyl sites for hydroxylation is 1. The Labute approximate surface area is 185 Å². The van der Waals surface area contributed by atoms with E-state index in [0.29, 0.717) is 23.8 Å². The van der Waals surface area contributed by atoms with Crippen molar-refractivity contribution in [2.75, 3.05) is 25.0 Å². The average molecular weight is 437 g/mol. The zero-order valence-electron chi connectivity index (χ0n) is 17.3. The van der Waals surface area contributed by atoms with E-state index in [2.05, 4.69) is 15.5 Å². The number of nitrogens with zero attached hydrogens (tertiary/aromatic N) is 3. The molecule has 1 atom stereocenters. The Balaban J connectivity index is 1.34. The van der Waals surface area contributed by atoms with Crippen LogP contribution in [-0.2, 0) is 4.79 Å². The number of hydrogen-bond donors (Lipinski definition) is 1. The van der Waals surface area contributed by atoms with Gasteiger partial charge in [0.05, 0.1) is 0 Å². The van der Waals surface area contributed by atoms with E-state index in [4.69, 9.17) is 4.74 Å². The molecule has 2 heterocycles. The summed E-state index contributed by atoms with van der Waals surface area (Å²) in [4.78, 5) is 26.9. The van der Waals surface area contributed by atoms with Gasteiger partial charge in [-0.15, -0.1) is 10.2 Å². The third-order valence-electron chi connectivity index (χ3n) is 5.17. The van der Waals surface area contributed by atoms with Crippen LogP contribution in [0.2, 0.25) is 0 Å². The predicted molar refractivity (Wildman–Crippen MR) is 120 cm³/mol. The number of rotatable bonds is 6. The van der Waals surface area contributed by atoms with Gasteiger partial charge in [0.15, 0.2) is 6.61 Å². The standard InChI is InChI=1S/C23H24N4O3S/c1-16-9-11-18(12-10-16)24-21(29)23-26-25-22(31-23)17-6-5-13-27(14-17)20(28)15-30-19-7-3-2-4-8-19/h2-4,7-12,17H,5-6,13-15H2,1H3,(H,24,29)/t17-/m0/s1. The van der Waals surface area contributed by atoms with Gasteiger partial charge in [0.1, 0.15) is 10.8 Å². The zero-order chi connectivity index (χ0) is 21.6. The van der Waals surface area contributed by atoms with Gasteiger partial charge in [0.2, 0.25) is 5.01 Å². The predicted octanol–water partition coefficient (Wildman–Crippen LogP) is 3.88. The molecule has 7 nitrogen and oxygen atoms in total. The monoisotopic (exact) mass is 436 g/mol. The third kappa shape index (κ3) is 5.46. The van der Waals surface area contributed by atoms with Gasteiger partial charge in [-0.05, 0) is 44.0 Å². The van der Waals surface area contributed by atoms with Crippen LogP contribution in [0.15, 0.2) is 54.6 Å². The van der Waals surface area contributed by atoms with E-state index >= 15 is 0 Å². The molecule has 0 radical (unpaired) electrons. The maximum atomic E-state index is 12.6. The molecule has 1 fully saturated rings. The summed E-state index contributed by atoms with van der Waals surface area (Å²) in [5, 5.41) is 12.3. The van der Waals surface area contributed by atoms with E-state index in [1.54, 1.807) is 0 Å². The first-order valence-electron chi connectivity index (χ1n) is 10.3. The van der Waals surface area contributed by atoms with Crippen LogP contribution in [0.4, 0.5) is 5.69 Å². The maximum Gasteiger partial charge on any atom is 0.286 e.